The quantitative estimate of drug-likeness (QED) is 0.794. The van der Waals surface area contributed by atoms with Crippen LogP contribution in [0.4, 0.5) is 0 Å². The van der Waals surface area contributed by atoms with E-state index in [0.717, 1.165) is 25.6 Å². The summed E-state index contributed by atoms with van der Waals surface area (Å²) < 4.78 is 0. The minimum atomic E-state index is -0.636. The van der Waals surface area contributed by atoms with Crippen LogP contribution in [0.3, 0.4) is 0 Å². The van der Waals surface area contributed by atoms with Crippen LogP contribution in [0.2, 0.25) is 0 Å². The molecule has 96 valence electrons. The Balaban J connectivity index is 1.48. The zero-order valence-corrected chi connectivity index (χ0v) is 10.3. The summed E-state index contributed by atoms with van der Waals surface area (Å²) in [5.74, 6) is -0.245. The first kappa shape index (κ1) is 11.5. The van der Waals surface area contributed by atoms with E-state index in [2.05, 4.69) is 9.80 Å². The van der Waals surface area contributed by atoms with Crippen molar-refractivity contribution in [2.24, 2.45) is 5.92 Å². The molecule has 0 aromatic rings. The first-order valence-corrected chi connectivity index (χ1v) is 6.92. The molecule has 1 aliphatic carbocycles. The summed E-state index contributed by atoms with van der Waals surface area (Å²) in [5.41, 5.74) is 0. The highest BCUT2D eigenvalue weighted by atomic mass is 16.4. The molecule has 2 unspecified atom stereocenters. The van der Waals surface area contributed by atoms with Crippen LogP contribution in [0.25, 0.3) is 0 Å². The number of hydrogen-bond donors (Lipinski definition) is 1. The highest BCUT2D eigenvalue weighted by Crippen LogP contribution is 2.32. The molecule has 3 rings (SSSR count). The van der Waals surface area contributed by atoms with Gasteiger partial charge in [-0.1, -0.05) is 0 Å². The van der Waals surface area contributed by atoms with Crippen LogP contribution in [0.15, 0.2) is 0 Å². The van der Waals surface area contributed by atoms with E-state index in [9.17, 15) is 4.79 Å². The van der Waals surface area contributed by atoms with Crippen molar-refractivity contribution in [3.8, 4) is 0 Å². The van der Waals surface area contributed by atoms with E-state index < -0.39 is 5.97 Å². The van der Waals surface area contributed by atoms with E-state index in [1.54, 1.807) is 0 Å². The van der Waals surface area contributed by atoms with Gasteiger partial charge in [0.25, 0.3) is 0 Å². The molecule has 0 bridgehead atoms. The van der Waals surface area contributed by atoms with E-state index in [1.807, 2.05) is 0 Å². The largest absolute Gasteiger partial charge is 0.481 e. The van der Waals surface area contributed by atoms with Gasteiger partial charge in [0.2, 0.25) is 0 Å². The van der Waals surface area contributed by atoms with Crippen LogP contribution in [-0.4, -0.2) is 59.1 Å². The topological polar surface area (TPSA) is 43.8 Å². The summed E-state index contributed by atoms with van der Waals surface area (Å²) in [6, 6.07) is 1.59. The summed E-state index contributed by atoms with van der Waals surface area (Å²) >= 11 is 0. The highest BCUT2D eigenvalue weighted by molar-refractivity contribution is 5.67. The molecule has 2 atom stereocenters. The Kier molecular flexibility index (Phi) is 3.09. The minimum absolute atomic E-state index is 0.357. The molecule has 2 heterocycles. The molecule has 4 heteroatoms. The summed E-state index contributed by atoms with van der Waals surface area (Å²) in [6.07, 6.45) is 5.51. The number of carboxylic acids is 1. The lowest BCUT2D eigenvalue weighted by atomic mass is 10.1. The van der Waals surface area contributed by atoms with E-state index in [4.69, 9.17) is 5.11 Å². The van der Waals surface area contributed by atoms with Crippen molar-refractivity contribution >= 4 is 5.97 Å². The molecule has 0 aromatic carbocycles. The van der Waals surface area contributed by atoms with Crippen LogP contribution < -0.4 is 0 Å². The summed E-state index contributed by atoms with van der Waals surface area (Å²) in [5, 5.41) is 8.82. The lowest BCUT2D eigenvalue weighted by Crippen LogP contribution is -2.36. The number of likely N-dealkylation sites (tertiary alicyclic amines) is 2. The molecular weight excluding hydrogens is 216 g/mol. The number of hydrogen-bond acceptors (Lipinski definition) is 3. The van der Waals surface area contributed by atoms with Crippen LogP contribution >= 0.6 is 0 Å². The predicted octanol–water partition coefficient (Wildman–Crippen LogP) is 1.02. The zero-order valence-electron chi connectivity index (χ0n) is 10.3. The average molecular weight is 238 g/mol. The second kappa shape index (κ2) is 4.58. The number of aliphatic carboxylic acids is 1. The van der Waals surface area contributed by atoms with Crippen molar-refractivity contribution in [3.63, 3.8) is 0 Å². The van der Waals surface area contributed by atoms with Gasteiger partial charge in [0.15, 0.2) is 0 Å². The SMILES string of the molecule is O=C(O)CC1CCN(C2CCN(C3CC3)C2)C1. The van der Waals surface area contributed by atoms with Crippen LogP contribution in [0.5, 0.6) is 0 Å². The fourth-order valence-corrected chi connectivity index (χ4v) is 3.45. The maximum Gasteiger partial charge on any atom is 0.303 e. The highest BCUT2D eigenvalue weighted by Gasteiger charge is 2.38. The van der Waals surface area contributed by atoms with Gasteiger partial charge in [-0.25, -0.2) is 0 Å². The minimum Gasteiger partial charge on any atom is -0.481 e. The van der Waals surface area contributed by atoms with Crippen molar-refractivity contribution in [1.82, 2.24) is 9.80 Å². The fourth-order valence-electron chi connectivity index (χ4n) is 3.45. The Labute approximate surface area is 103 Å². The van der Waals surface area contributed by atoms with Crippen molar-refractivity contribution < 1.29 is 9.90 Å². The van der Waals surface area contributed by atoms with Gasteiger partial charge in [0.05, 0.1) is 0 Å². The molecule has 3 aliphatic rings. The lowest BCUT2D eigenvalue weighted by molar-refractivity contribution is -0.138. The van der Waals surface area contributed by atoms with Crippen molar-refractivity contribution in [1.29, 1.82) is 0 Å². The summed E-state index contributed by atoms with van der Waals surface area (Å²) in [7, 11) is 0. The second-order valence-electron chi connectivity index (χ2n) is 5.92. The van der Waals surface area contributed by atoms with Gasteiger partial charge in [-0.2, -0.15) is 0 Å². The molecule has 3 fully saturated rings. The van der Waals surface area contributed by atoms with E-state index in [-0.39, 0.29) is 0 Å². The van der Waals surface area contributed by atoms with Crippen LogP contribution in [0.1, 0.15) is 32.1 Å². The van der Waals surface area contributed by atoms with E-state index in [1.165, 1.54) is 32.4 Å². The molecule has 1 saturated carbocycles. The van der Waals surface area contributed by atoms with Gasteiger partial charge in [-0.05, 0) is 38.1 Å². The first-order valence-electron chi connectivity index (χ1n) is 6.92. The molecule has 2 saturated heterocycles. The van der Waals surface area contributed by atoms with Crippen molar-refractivity contribution in [2.75, 3.05) is 26.2 Å². The number of rotatable bonds is 4. The molecule has 2 aliphatic heterocycles. The van der Waals surface area contributed by atoms with Gasteiger partial charge in [-0.3, -0.25) is 14.6 Å². The molecule has 0 spiro atoms. The standard InChI is InChI=1S/C13H22N2O2/c16-13(17)7-10-3-5-14(8-10)12-4-6-15(9-12)11-1-2-11/h10-12H,1-9H2,(H,16,17). The molecular formula is C13H22N2O2. The Bertz CT molecular complexity index is 304. The van der Waals surface area contributed by atoms with Crippen molar-refractivity contribution in [2.45, 2.75) is 44.2 Å². The number of carboxylic acid groups (broad SMARTS) is 1. The Morgan fingerprint density at radius 1 is 1.00 bits per heavy atom. The second-order valence-corrected chi connectivity index (χ2v) is 5.92. The predicted molar refractivity (Wildman–Crippen MR) is 64.9 cm³/mol. The monoisotopic (exact) mass is 238 g/mol. The molecule has 0 aromatic heterocycles. The first-order chi connectivity index (χ1) is 8.22. The van der Waals surface area contributed by atoms with Gasteiger partial charge < -0.3 is 5.11 Å². The van der Waals surface area contributed by atoms with Crippen LogP contribution in [0, 0.1) is 5.92 Å². The maximum absolute atomic E-state index is 10.7. The third-order valence-corrected chi connectivity index (χ3v) is 4.56. The number of nitrogens with zero attached hydrogens (tertiary/aromatic N) is 2. The molecule has 4 nitrogen and oxygen atoms in total. The zero-order chi connectivity index (χ0) is 11.8. The smallest absolute Gasteiger partial charge is 0.303 e. The summed E-state index contributed by atoms with van der Waals surface area (Å²) in [4.78, 5) is 15.9. The van der Waals surface area contributed by atoms with Gasteiger partial charge in [0.1, 0.15) is 0 Å². The maximum atomic E-state index is 10.7. The average Bonchev–Trinajstić information content (AvgIpc) is 2.84. The van der Waals surface area contributed by atoms with E-state index >= 15 is 0 Å². The Morgan fingerprint density at radius 2 is 1.71 bits per heavy atom. The normalized spacial score (nSPS) is 35.5. The molecule has 1 N–H and O–H groups in total. The van der Waals surface area contributed by atoms with Crippen molar-refractivity contribution in [3.05, 3.63) is 0 Å². The lowest BCUT2D eigenvalue weighted by Gasteiger charge is -2.24. The third kappa shape index (κ3) is 2.63. The summed E-state index contributed by atoms with van der Waals surface area (Å²) in [6.45, 7) is 4.61. The fraction of sp³-hybridized carbons (Fsp3) is 0.923. The van der Waals surface area contributed by atoms with E-state index in [0.29, 0.717) is 18.4 Å². The van der Waals surface area contributed by atoms with Gasteiger partial charge in [0, 0.05) is 38.1 Å². The molecule has 0 amide bonds. The van der Waals surface area contributed by atoms with Crippen LogP contribution in [-0.2, 0) is 4.79 Å². The Morgan fingerprint density at radius 3 is 2.41 bits per heavy atom. The molecule has 0 radical (unpaired) electrons. The Hall–Kier alpha value is -0.610. The third-order valence-electron chi connectivity index (χ3n) is 4.56. The molecule has 17 heavy (non-hydrogen) atoms. The number of carbonyl (C=O) groups is 1. The van der Waals surface area contributed by atoms with Gasteiger partial charge >= 0.3 is 5.97 Å². The van der Waals surface area contributed by atoms with Gasteiger partial charge in [-0.15, -0.1) is 0 Å².